The third-order valence-corrected chi connectivity index (χ3v) is 7.43. The Labute approximate surface area is 201 Å². The fourth-order valence-corrected chi connectivity index (χ4v) is 5.46. The number of hydrogen-bond donors (Lipinski definition) is 1. The molecule has 1 N–H and O–H groups in total. The van der Waals surface area contributed by atoms with E-state index in [4.69, 9.17) is 21.3 Å². The lowest BCUT2D eigenvalue weighted by atomic mass is 9.96. The summed E-state index contributed by atoms with van der Waals surface area (Å²) in [6.07, 6.45) is 1.56. The van der Waals surface area contributed by atoms with Crippen LogP contribution < -0.4 is 10.2 Å². The number of carbonyl (C=O) groups excluding carboxylic acids is 2. The van der Waals surface area contributed by atoms with Gasteiger partial charge in [0.15, 0.2) is 5.13 Å². The van der Waals surface area contributed by atoms with Crippen LogP contribution in [0, 0.1) is 5.92 Å². The number of anilines is 2. The third-order valence-electron chi connectivity index (χ3n) is 6.10. The molecule has 2 fully saturated rings. The number of hydrogen-bond acceptors (Lipinski definition) is 6. The van der Waals surface area contributed by atoms with Crippen molar-refractivity contribution in [2.45, 2.75) is 12.8 Å². The summed E-state index contributed by atoms with van der Waals surface area (Å²) in [5.74, 6) is -0.358. The number of halogens is 1. The number of aromatic nitrogens is 1. The SMILES string of the molecule is O=C(Nc1ccc2nc(N3CCOCC3)sc2c1)[C@H]1CCCN(C(=O)c2ccc(Cl)cc2)C1. The van der Waals surface area contributed by atoms with Crippen LogP contribution in [0.4, 0.5) is 10.8 Å². The van der Waals surface area contributed by atoms with Gasteiger partial charge in [0, 0.05) is 42.5 Å². The monoisotopic (exact) mass is 484 g/mol. The van der Waals surface area contributed by atoms with Gasteiger partial charge in [-0.05, 0) is 55.3 Å². The molecule has 7 nitrogen and oxygen atoms in total. The van der Waals surface area contributed by atoms with Crippen LogP contribution in [0.2, 0.25) is 5.02 Å². The number of likely N-dealkylation sites (tertiary alicyclic amines) is 1. The van der Waals surface area contributed by atoms with Crippen LogP contribution in [-0.4, -0.2) is 61.1 Å². The Morgan fingerprint density at radius 2 is 1.88 bits per heavy atom. The average molecular weight is 485 g/mol. The summed E-state index contributed by atoms with van der Waals surface area (Å²) in [6, 6.07) is 12.7. The topological polar surface area (TPSA) is 74.8 Å². The number of nitrogens with zero attached hydrogens (tertiary/aromatic N) is 3. The van der Waals surface area contributed by atoms with Gasteiger partial charge in [-0.1, -0.05) is 22.9 Å². The number of ether oxygens (including phenoxy) is 1. The molecule has 2 aliphatic rings. The van der Waals surface area contributed by atoms with E-state index in [9.17, 15) is 9.59 Å². The number of morpholine rings is 1. The molecule has 2 aromatic carbocycles. The minimum absolute atomic E-state index is 0.0547. The van der Waals surface area contributed by atoms with Gasteiger partial charge in [-0.25, -0.2) is 4.98 Å². The molecule has 9 heteroatoms. The number of thiazole rings is 1. The summed E-state index contributed by atoms with van der Waals surface area (Å²) < 4.78 is 6.47. The Morgan fingerprint density at radius 3 is 2.67 bits per heavy atom. The molecule has 33 heavy (non-hydrogen) atoms. The molecule has 2 saturated heterocycles. The van der Waals surface area contributed by atoms with Crippen molar-refractivity contribution in [3.63, 3.8) is 0 Å². The van der Waals surface area contributed by atoms with Gasteiger partial charge in [0.1, 0.15) is 0 Å². The molecule has 3 heterocycles. The van der Waals surface area contributed by atoms with Gasteiger partial charge in [0.2, 0.25) is 5.91 Å². The lowest BCUT2D eigenvalue weighted by Gasteiger charge is -2.32. The highest BCUT2D eigenvalue weighted by Crippen LogP contribution is 2.31. The molecule has 0 radical (unpaired) electrons. The van der Waals surface area contributed by atoms with Crippen molar-refractivity contribution in [2.75, 3.05) is 49.6 Å². The van der Waals surface area contributed by atoms with E-state index in [0.29, 0.717) is 23.7 Å². The van der Waals surface area contributed by atoms with Crippen LogP contribution >= 0.6 is 22.9 Å². The van der Waals surface area contributed by atoms with E-state index in [1.54, 1.807) is 40.5 Å². The van der Waals surface area contributed by atoms with E-state index in [1.807, 2.05) is 18.2 Å². The van der Waals surface area contributed by atoms with Crippen molar-refractivity contribution < 1.29 is 14.3 Å². The molecule has 172 valence electrons. The molecule has 2 amide bonds. The van der Waals surface area contributed by atoms with Crippen molar-refractivity contribution in [3.8, 4) is 0 Å². The maximum Gasteiger partial charge on any atom is 0.253 e. The van der Waals surface area contributed by atoms with E-state index in [0.717, 1.165) is 60.2 Å². The van der Waals surface area contributed by atoms with Crippen LogP contribution in [0.3, 0.4) is 0 Å². The van der Waals surface area contributed by atoms with Crippen LogP contribution in [0.15, 0.2) is 42.5 Å². The second-order valence-corrected chi connectivity index (χ2v) is 9.81. The maximum absolute atomic E-state index is 13.0. The van der Waals surface area contributed by atoms with E-state index in [-0.39, 0.29) is 17.7 Å². The van der Waals surface area contributed by atoms with Gasteiger partial charge >= 0.3 is 0 Å². The van der Waals surface area contributed by atoms with Crippen LogP contribution in [0.1, 0.15) is 23.2 Å². The molecule has 0 saturated carbocycles. The number of fused-ring (bicyclic) bond motifs is 1. The molecular weight excluding hydrogens is 460 g/mol. The zero-order valence-corrected chi connectivity index (χ0v) is 19.7. The first-order valence-electron chi connectivity index (χ1n) is 11.2. The number of carbonyl (C=O) groups is 2. The Morgan fingerprint density at radius 1 is 1.09 bits per heavy atom. The zero-order chi connectivity index (χ0) is 22.8. The van der Waals surface area contributed by atoms with Gasteiger partial charge < -0.3 is 19.9 Å². The maximum atomic E-state index is 13.0. The largest absolute Gasteiger partial charge is 0.378 e. The van der Waals surface area contributed by atoms with Crippen molar-refractivity contribution in [1.82, 2.24) is 9.88 Å². The Balaban J connectivity index is 1.24. The predicted octanol–water partition coefficient (Wildman–Crippen LogP) is 4.28. The highest BCUT2D eigenvalue weighted by atomic mass is 35.5. The number of piperidine rings is 1. The second-order valence-electron chi connectivity index (χ2n) is 8.36. The molecule has 0 spiro atoms. The number of benzene rings is 2. The highest BCUT2D eigenvalue weighted by molar-refractivity contribution is 7.22. The van der Waals surface area contributed by atoms with Gasteiger partial charge in [-0.15, -0.1) is 0 Å². The Hall–Kier alpha value is -2.68. The molecule has 1 atom stereocenters. The Kier molecular flexibility index (Phi) is 6.48. The van der Waals surface area contributed by atoms with Crippen molar-refractivity contribution in [3.05, 3.63) is 53.1 Å². The fraction of sp³-hybridized carbons (Fsp3) is 0.375. The quantitative estimate of drug-likeness (QED) is 0.598. The molecule has 0 unspecified atom stereocenters. The summed E-state index contributed by atoms with van der Waals surface area (Å²) in [6.45, 7) is 4.19. The van der Waals surface area contributed by atoms with Crippen LogP contribution in [0.25, 0.3) is 10.2 Å². The molecule has 3 aromatic rings. The number of amides is 2. The first kappa shape index (κ1) is 22.1. The summed E-state index contributed by atoms with van der Waals surface area (Å²) in [7, 11) is 0. The summed E-state index contributed by atoms with van der Waals surface area (Å²) >= 11 is 7.56. The minimum Gasteiger partial charge on any atom is -0.378 e. The van der Waals surface area contributed by atoms with Crippen molar-refractivity contribution >= 4 is 55.8 Å². The smallest absolute Gasteiger partial charge is 0.253 e. The standard InChI is InChI=1S/C24H25ClN4O3S/c25-18-5-3-16(4-6-18)23(31)29-9-1-2-17(15-29)22(30)26-19-7-8-20-21(14-19)33-24(27-20)28-10-12-32-13-11-28/h3-8,14,17H,1-2,9-13,15H2,(H,26,30)/t17-/m0/s1. The van der Waals surface area contributed by atoms with Gasteiger partial charge in [-0.3, -0.25) is 9.59 Å². The molecule has 5 rings (SSSR count). The molecule has 0 bridgehead atoms. The zero-order valence-electron chi connectivity index (χ0n) is 18.1. The van der Waals surface area contributed by atoms with Crippen LogP contribution in [-0.2, 0) is 9.53 Å². The normalized spacial score (nSPS) is 19.0. The fourth-order valence-electron chi connectivity index (χ4n) is 4.28. The molecule has 0 aliphatic carbocycles. The van der Waals surface area contributed by atoms with Crippen molar-refractivity contribution in [1.29, 1.82) is 0 Å². The van der Waals surface area contributed by atoms with E-state index >= 15 is 0 Å². The first-order chi connectivity index (χ1) is 16.1. The summed E-state index contributed by atoms with van der Waals surface area (Å²) in [5.41, 5.74) is 2.27. The van der Waals surface area contributed by atoms with E-state index < -0.39 is 0 Å². The number of rotatable bonds is 4. The molecular formula is C24H25ClN4O3S. The van der Waals surface area contributed by atoms with E-state index in [2.05, 4.69) is 10.2 Å². The summed E-state index contributed by atoms with van der Waals surface area (Å²) in [4.78, 5) is 34.6. The lowest BCUT2D eigenvalue weighted by molar-refractivity contribution is -0.121. The second kappa shape index (κ2) is 9.67. The van der Waals surface area contributed by atoms with Crippen LogP contribution in [0.5, 0.6) is 0 Å². The highest BCUT2D eigenvalue weighted by Gasteiger charge is 2.29. The lowest BCUT2D eigenvalue weighted by Crippen LogP contribution is -2.43. The van der Waals surface area contributed by atoms with Gasteiger partial charge in [0.25, 0.3) is 5.91 Å². The van der Waals surface area contributed by atoms with Gasteiger partial charge in [-0.2, -0.15) is 0 Å². The summed E-state index contributed by atoms with van der Waals surface area (Å²) in [5, 5.41) is 4.63. The molecule has 2 aliphatic heterocycles. The van der Waals surface area contributed by atoms with Gasteiger partial charge in [0.05, 0.1) is 29.3 Å². The third kappa shape index (κ3) is 4.98. The average Bonchev–Trinajstić information content (AvgIpc) is 3.28. The first-order valence-corrected chi connectivity index (χ1v) is 12.4. The van der Waals surface area contributed by atoms with Crippen molar-refractivity contribution in [2.24, 2.45) is 5.92 Å². The number of nitrogens with one attached hydrogen (secondary N) is 1. The predicted molar refractivity (Wildman–Crippen MR) is 131 cm³/mol. The minimum atomic E-state index is -0.240. The Bertz CT molecular complexity index is 1160. The molecule has 1 aromatic heterocycles. The van der Waals surface area contributed by atoms with E-state index in [1.165, 1.54) is 0 Å².